The summed E-state index contributed by atoms with van der Waals surface area (Å²) in [5.74, 6) is -0.978. The zero-order chi connectivity index (χ0) is 37.0. The number of carbonyl (C=O) groups is 3. The van der Waals surface area contributed by atoms with Crippen molar-refractivity contribution >= 4 is 39.3 Å². The lowest BCUT2D eigenvalue weighted by molar-refractivity contribution is -0.132. The van der Waals surface area contributed by atoms with Gasteiger partial charge in [0.15, 0.2) is 0 Å². The van der Waals surface area contributed by atoms with Crippen molar-refractivity contribution in [3.63, 3.8) is 0 Å². The molecular weight excluding hydrogens is 651 g/mol. The Morgan fingerprint density at radius 2 is 1.37 bits per heavy atom. The van der Waals surface area contributed by atoms with Crippen LogP contribution < -0.4 is 16.0 Å². The van der Waals surface area contributed by atoms with Gasteiger partial charge < -0.3 is 26.0 Å². The molecule has 0 fully saturated rings. The standard InChI is InChI=1S/C43H53N5O4/c1-5-29(4)25-45-41(50)24-40(49)38(20-28(2)3)47-43(52)39(23-35-26-44-27-46-35)48-42(51)34(21-32-16-10-14-30-12-6-8-18-36(30)32)22-33-17-11-15-31-13-7-9-19-37(31)33/h6-19,26-29,34,38-40,49H,5,20-25H2,1-4H3,(H,44,46)(H,45,50)(H,47,52)(H,48,51)/t29?,38-,39-,40-/m0/s1. The number of hydrogen-bond acceptors (Lipinski definition) is 5. The minimum atomic E-state index is -1.10. The number of nitrogens with zero attached hydrogens (tertiary/aromatic N) is 1. The maximum atomic E-state index is 14.5. The van der Waals surface area contributed by atoms with Crippen molar-refractivity contribution in [1.29, 1.82) is 0 Å². The van der Waals surface area contributed by atoms with Gasteiger partial charge in [-0.05, 0) is 63.8 Å². The summed E-state index contributed by atoms with van der Waals surface area (Å²) < 4.78 is 0. The second kappa shape index (κ2) is 18.5. The molecule has 0 radical (unpaired) electrons. The van der Waals surface area contributed by atoms with Crippen LogP contribution in [-0.2, 0) is 33.6 Å². The Bertz CT molecular complexity index is 1830. The lowest BCUT2D eigenvalue weighted by atomic mass is 9.87. The summed E-state index contributed by atoms with van der Waals surface area (Å²) in [5.41, 5.74) is 2.80. The Balaban J connectivity index is 1.41. The van der Waals surface area contributed by atoms with Crippen LogP contribution in [0.15, 0.2) is 97.5 Å². The van der Waals surface area contributed by atoms with E-state index in [2.05, 4.69) is 88.3 Å². The summed E-state index contributed by atoms with van der Waals surface area (Å²) in [6.45, 7) is 8.66. The molecule has 4 atom stereocenters. The molecule has 52 heavy (non-hydrogen) atoms. The highest BCUT2D eigenvalue weighted by molar-refractivity contribution is 5.91. The molecule has 0 saturated carbocycles. The van der Waals surface area contributed by atoms with Crippen molar-refractivity contribution in [2.45, 2.75) is 84.4 Å². The molecule has 0 aliphatic carbocycles. The second-order valence-electron chi connectivity index (χ2n) is 14.6. The number of aromatic nitrogens is 2. The van der Waals surface area contributed by atoms with Crippen molar-refractivity contribution in [1.82, 2.24) is 25.9 Å². The average Bonchev–Trinajstić information content (AvgIpc) is 3.66. The molecule has 9 heteroatoms. The van der Waals surface area contributed by atoms with Gasteiger partial charge in [0.25, 0.3) is 0 Å². The fraction of sp³-hybridized carbons (Fsp3) is 0.395. The van der Waals surface area contributed by atoms with Gasteiger partial charge in [-0.3, -0.25) is 14.4 Å². The smallest absolute Gasteiger partial charge is 0.243 e. The van der Waals surface area contributed by atoms with Crippen LogP contribution in [0.2, 0.25) is 0 Å². The highest BCUT2D eigenvalue weighted by Crippen LogP contribution is 2.26. The zero-order valence-electron chi connectivity index (χ0n) is 30.8. The Morgan fingerprint density at radius 3 is 1.92 bits per heavy atom. The molecule has 1 unspecified atom stereocenters. The first-order valence-corrected chi connectivity index (χ1v) is 18.6. The number of imidazole rings is 1. The SMILES string of the molecule is CCC(C)CNC(=O)C[C@H](O)[C@H](CC(C)C)NC(=O)[C@H](Cc1cnc[nH]1)NC(=O)C(Cc1cccc2ccccc12)Cc1cccc2ccccc12. The molecule has 0 spiro atoms. The van der Waals surface area contributed by atoms with Crippen LogP contribution in [0, 0.1) is 17.8 Å². The third-order valence-corrected chi connectivity index (χ3v) is 9.93. The molecule has 0 saturated heterocycles. The highest BCUT2D eigenvalue weighted by atomic mass is 16.3. The van der Waals surface area contributed by atoms with Crippen molar-refractivity contribution < 1.29 is 19.5 Å². The number of hydrogen-bond donors (Lipinski definition) is 5. The lowest BCUT2D eigenvalue weighted by Crippen LogP contribution is -2.55. The summed E-state index contributed by atoms with van der Waals surface area (Å²) >= 11 is 0. The molecule has 0 bridgehead atoms. The van der Waals surface area contributed by atoms with Crippen LogP contribution in [0.3, 0.4) is 0 Å². The van der Waals surface area contributed by atoms with Crippen LogP contribution in [0.5, 0.6) is 0 Å². The molecule has 5 rings (SSSR count). The average molecular weight is 704 g/mol. The van der Waals surface area contributed by atoms with E-state index in [1.165, 1.54) is 0 Å². The molecule has 9 nitrogen and oxygen atoms in total. The molecule has 4 aromatic carbocycles. The predicted molar refractivity (Wildman–Crippen MR) is 207 cm³/mol. The number of H-pyrrole nitrogens is 1. The summed E-state index contributed by atoms with van der Waals surface area (Å²) in [6, 6.07) is 27.0. The van der Waals surface area contributed by atoms with Gasteiger partial charge in [-0.1, -0.05) is 119 Å². The summed E-state index contributed by atoms with van der Waals surface area (Å²) in [5, 5.41) is 24.6. The molecule has 0 aliphatic heterocycles. The van der Waals surface area contributed by atoms with Gasteiger partial charge >= 0.3 is 0 Å². The lowest BCUT2D eigenvalue weighted by Gasteiger charge is -2.29. The van der Waals surface area contributed by atoms with Crippen LogP contribution in [0.4, 0.5) is 0 Å². The fourth-order valence-corrected chi connectivity index (χ4v) is 6.78. The fourth-order valence-electron chi connectivity index (χ4n) is 6.78. The first-order valence-electron chi connectivity index (χ1n) is 18.6. The maximum absolute atomic E-state index is 14.5. The molecule has 1 heterocycles. The summed E-state index contributed by atoms with van der Waals surface area (Å²) in [4.78, 5) is 48.6. The number of aromatic amines is 1. The normalized spacial score (nSPS) is 13.9. The third-order valence-electron chi connectivity index (χ3n) is 9.93. The third kappa shape index (κ3) is 10.5. The van der Waals surface area contributed by atoms with Gasteiger partial charge in [0, 0.05) is 30.8 Å². The van der Waals surface area contributed by atoms with E-state index < -0.39 is 30.0 Å². The van der Waals surface area contributed by atoms with E-state index in [9.17, 15) is 19.5 Å². The minimum absolute atomic E-state index is 0.134. The molecule has 5 N–H and O–H groups in total. The summed E-state index contributed by atoms with van der Waals surface area (Å²) in [6.07, 6.45) is 4.44. The number of aliphatic hydroxyl groups is 1. The molecule has 1 aromatic heterocycles. The Hall–Kier alpha value is -5.02. The zero-order valence-corrected chi connectivity index (χ0v) is 30.8. The predicted octanol–water partition coefficient (Wildman–Crippen LogP) is 6.29. The van der Waals surface area contributed by atoms with E-state index in [4.69, 9.17) is 0 Å². The number of nitrogens with one attached hydrogen (secondary N) is 4. The van der Waals surface area contributed by atoms with Crippen molar-refractivity contribution in [3.05, 3.63) is 114 Å². The van der Waals surface area contributed by atoms with Gasteiger partial charge in [-0.2, -0.15) is 0 Å². The number of benzene rings is 4. The Kier molecular flexibility index (Phi) is 13.6. The number of amides is 3. The minimum Gasteiger partial charge on any atom is -0.390 e. The number of rotatable bonds is 18. The van der Waals surface area contributed by atoms with E-state index >= 15 is 0 Å². The van der Waals surface area contributed by atoms with Crippen LogP contribution in [-0.4, -0.2) is 57.5 Å². The molecular formula is C43H53N5O4. The van der Waals surface area contributed by atoms with E-state index in [1.807, 2.05) is 50.2 Å². The van der Waals surface area contributed by atoms with E-state index in [0.29, 0.717) is 37.4 Å². The second-order valence-corrected chi connectivity index (χ2v) is 14.6. The van der Waals surface area contributed by atoms with Gasteiger partial charge in [0.2, 0.25) is 17.7 Å². The molecule has 3 amide bonds. The molecule has 274 valence electrons. The topological polar surface area (TPSA) is 136 Å². The van der Waals surface area contributed by atoms with Gasteiger partial charge in [-0.25, -0.2) is 4.98 Å². The number of fused-ring (bicyclic) bond motifs is 2. The first kappa shape index (κ1) is 38.2. The van der Waals surface area contributed by atoms with E-state index in [-0.39, 0.29) is 30.6 Å². The Morgan fingerprint density at radius 1 is 0.769 bits per heavy atom. The number of aliphatic hydroxyl groups excluding tert-OH is 1. The quantitative estimate of drug-likeness (QED) is 0.0731. The van der Waals surface area contributed by atoms with Crippen molar-refractivity contribution in [3.8, 4) is 0 Å². The molecule has 5 aromatic rings. The van der Waals surface area contributed by atoms with Crippen LogP contribution in [0.25, 0.3) is 21.5 Å². The van der Waals surface area contributed by atoms with E-state index in [0.717, 1.165) is 39.1 Å². The van der Waals surface area contributed by atoms with Gasteiger partial charge in [0.1, 0.15) is 6.04 Å². The monoisotopic (exact) mass is 703 g/mol. The molecule has 0 aliphatic rings. The first-order chi connectivity index (χ1) is 25.1. The van der Waals surface area contributed by atoms with Crippen molar-refractivity contribution in [2.24, 2.45) is 17.8 Å². The van der Waals surface area contributed by atoms with Crippen molar-refractivity contribution in [2.75, 3.05) is 6.54 Å². The summed E-state index contributed by atoms with van der Waals surface area (Å²) in [7, 11) is 0. The van der Waals surface area contributed by atoms with Gasteiger partial charge in [-0.15, -0.1) is 0 Å². The number of carbonyl (C=O) groups excluding carboxylic acids is 3. The van der Waals surface area contributed by atoms with E-state index in [1.54, 1.807) is 12.5 Å². The maximum Gasteiger partial charge on any atom is 0.243 e. The van der Waals surface area contributed by atoms with Gasteiger partial charge in [0.05, 0.1) is 24.9 Å². The highest BCUT2D eigenvalue weighted by Gasteiger charge is 2.31. The van der Waals surface area contributed by atoms with Crippen LogP contribution >= 0.6 is 0 Å². The van der Waals surface area contributed by atoms with Crippen LogP contribution in [0.1, 0.15) is 63.8 Å². The largest absolute Gasteiger partial charge is 0.390 e. The Labute approximate surface area is 307 Å².